The summed E-state index contributed by atoms with van der Waals surface area (Å²) in [6.45, 7) is 0. The van der Waals surface area contributed by atoms with E-state index in [-0.39, 0.29) is 0 Å². The van der Waals surface area contributed by atoms with E-state index in [4.69, 9.17) is 4.98 Å². The largest absolute Gasteiger partial charge is 0.292 e. The maximum atomic E-state index is 5.27. The van der Waals surface area contributed by atoms with Crippen molar-refractivity contribution in [3.63, 3.8) is 0 Å². The van der Waals surface area contributed by atoms with Gasteiger partial charge in [-0.25, -0.2) is 4.98 Å². The number of rotatable bonds is 5. The lowest BCUT2D eigenvalue weighted by Crippen LogP contribution is -1.98. The molecule has 3 heteroatoms. The van der Waals surface area contributed by atoms with Gasteiger partial charge in [-0.05, 0) is 122 Å². The number of pyridine rings is 1. The monoisotopic (exact) mass is 599 g/mol. The van der Waals surface area contributed by atoms with Gasteiger partial charge in [0.2, 0.25) is 0 Å². The quantitative estimate of drug-likeness (QED) is 0.184. The van der Waals surface area contributed by atoms with E-state index in [0.717, 1.165) is 55.9 Å². The van der Waals surface area contributed by atoms with Gasteiger partial charge in [0.15, 0.2) is 0 Å². The maximum Gasteiger partial charge on any atom is 0.145 e. The first kappa shape index (κ1) is 27.0. The van der Waals surface area contributed by atoms with Crippen LogP contribution in [0.4, 0.5) is 0 Å². The Morgan fingerprint density at radius 1 is 0.404 bits per heavy atom. The first-order valence-electron chi connectivity index (χ1n) is 15.9. The number of hydrogen-bond acceptors (Lipinski definition) is 2. The van der Waals surface area contributed by atoms with Crippen LogP contribution in [0.25, 0.3) is 83.0 Å². The molecule has 7 aromatic carbocycles. The molecule has 0 amide bonds. The van der Waals surface area contributed by atoms with Gasteiger partial charge in [0.25, 0.3) is 0 Å². The Morgan fingerprint density at radius 3 is 1.77 bits per heavy atom. The topological polar surface area (TPSA) is 30.7 Å². The summed E-state index contributed by atoms with van der Waals surface area (Å²) in [6.07, 6.45) is 3.70. The molecule has 3 nitrogen and oxygen atoms in total. The number of imidazole rings is 1. The third-order valence-electron chi connectivity index (χ3n) is 9.04. The first-order valence-corrected chi connectivity index (χ1v) is 15.9. The molecule has 2 aromatic heterocycles. The summed E-state index contributed by atoms with van der Waals surface area (Å²) in [6, 6.07) is 58.5. The highest BCUT2D eigenvalue weighted by molar-refractivity contribution is 6.13. The lowest BCUT2D eigenvalue weighted by Gasteiger charge is -2.16. The molecule has 220 valence electrons. The van der Waals surface area contributed by atoms with E-state index in [2.05, 4.69) is 173 Å². The summed E-state index contributed by atoms with van der Waals surface area (Å²) in [5, 5.41) is 4.92. The summed E-state index contributed by atoms with van der Waals surface area (Å²) in [5.74, 6) is 0.912. The van der Waals surface area contributed by atoms with Crippen molar-refractivity contribution in [1.82, 2.24) is 14.5 Å². The SMILES string of the molecule is c1ccc(-n2c(-c3cc(-c4cccc(-c5ccncc5)c4)cc(-c4c5ccccc5cc5ccccc45)c3)nc3ccccc32)cc1. The molecule has 0 N–H and O–H groups in total. The van der Waals surface area contributed by atoms with Crippen molar-refractivity contribution in [2.24, 2.45) is 0 Å². The zero-order valence-corrected chi connectivity index (χ0v) is 25.6. The van der Waals surface area contributed by atoms with Crippen LogP contribution in [0, 0.1) is 0 Å². The van der Waals surface area contributed by atoms with Crippen LogP contribution in [0.3, 0.4) is 0 Å². The van der Waals surface area contributed by atoms with Crippen molar-refractivity contribution in [3.05, 3.63) is 176 Å². The number of hydrogen-bond donors (Lipinski definition) is 0. The Bertz CT molecular complexity index is 2510. The average Bonchev–Trinajstić information content (AvgIpc) is 3.54. The normalized spacial score (nSPS) is 11.4. The lowest BCUT2D eigenvalue weighted by molar-refractivity contribution is 1.10. The second kappa shape index (κ2) is 11.2. The summed E-state index contributed by atoms with van der Waals surface area (Å²) in [4.78, 5) is 9.51. The minimum Gasteiger partial charge on any atom is -0.292 e. The molecule has 0 saturated carbocycles. The van der Waals surface area contributed by atoms with E-state index >= 15 is 0 Å². The number of benzene rings is 7. The minimum absolute atomic E-state index is 0.912. The van der Waals surface area contributed by atoms with E-state index < -0.39 is 0 Å². The fourth-order valence-electron chi connectivity index (χ4n) is 6.87. The van der Waals surface area contributed by atoms with Crippen LogP contribution in [-0.4, -0.2) is 14.5 Å². The van der Waals surface area contributed by atoms with Gasteiger partial charge in [-0.3, -0.25) is 9.55 Å². The molecule has 0 aliphatic carbocycles. The number of para-hydroxylation sites is 3. The standard InChI is InChI=1S/C44H29N3/c1-2-15-38(16-3-1)47-42-20-9-8-19-41(42)46-44(47)37-28-35(32-14-10-13-31(25-32)30-21-23-45-24-22-30)27-36(29-37)43-39-17-6-4-11-33(39)26-34-12-5-7-18-40(34)43/h1-29H. The van der Waals surface area contributed by atoms with Crippen molar-refractivity contribution in [3.8, 4) is 50.5 Å². The van der Waals surface area contributed by atoms with Crippen LogP contribution in [0.5, 0.6) is 0 Å². The third-order valence-corrected chi connectivity index (χ3v) is 9.04. The van der Waals surface area contributed by atoms with Crippen LogP contribution in [0.2, 0.25) is 0 Å². The van der Waals surface area contributed by atoms with E-state index in [9.17, 15) is 0 Å². The van der Waals surface area contributed by atoms with E-state index in [1.54, 1.807) is 0 Å². The zero-order valence-electron chi connectivity index (χ0n) is 25.6. The molecular weight excluding hydrogens is 571 g/mol. The fourth-order valence-corrected chi connectivity index (χ4v) is 6.87. The fraction of sp³-hybridized carbons (Fsp3) is 0. The molecule has 0 atom stereocenters. The average molecular weight is 600 g/mol. The molecule has 0 saturated heterocycles. The molecule has 9 rings (SSSR count). The first-order chi connectivity index (χ1) is 23.3. The molecule has 0 unspecified atom stereocenters. The molecule has 2 heterocycles. The molecule has 0 aliphatic rings. The second-order valence-electron chi connectivity index (χ2n) is 11.9. The highest BCUT2D eigenvalue weighted by Crippen LogP contribution is 2.41. The van der Waals surface area contributed by atoms with Crippen LogP contribution in [0.1, 0.15) is 0 Å². The van der Waals surface area contributed by atoms with Gasteiger partial charge in [0.1, 0.15) is 5.82 Å². The number of nitrogens with zero attached hydrogens (tertiary/aromatic N) is 3. The maximum absolute atomic E-state index is 5.27. The molecular formula is C44H29N3. The predicted molar refractivity (Wildman–Crippen MR) is 196 cm³/mol. The summed E-state index contributed by atoms with van der Waals surface area (Å²) in [7, 11) is 0. The second-order valence-corrected chi connectivity index (χ2v) is 11.9. The van der Waals surface area contributed by atoms with Crippen molar-refractivity contribution >= 4 is 32.6 Å². The molecule has 47 heavy (non-hydrogen) atoms. The minimum atomic E-state index is 0.912. The van der Waals surface area contributed by atoms with Crippen molar-refractivity contribution < 1.29 is 0 Å². The Labute approximate surface area is 273 Å². The number of aromatic nitrogens is 3. The van der Waals surface area contributed by atoms with E-state index in [1.807, 2.05) is 12.4 Å². The Balaban J connectivity index is 1.36. The Hall–Kier alpha value is -6.32. The van der Waals surface area contributed by atoms with Crippen molar-refractivity contribution in [1.29, 1.82) is 0 Å². The van der Waals surface area contributed by atoms with Gasteiger partial charge in [0.05, 0.1) is 11.0 Å². The van der Waals surface area contributed by atoms with Gasteiger partial charge < -0.3 is 0 Å². The zero-order chi connectivity index (χ0) is 31.2. The molecule has 0 radical (unpaired) electrons. The van der Waals surface area contributed by atoms with Crippen LogP contribution in [-0.2, 0) is 0 Å². The number of fused-ring (bicyclic) bond motifs is 3. The lowest BCUT2D eigenvalue weighted by atomic mass is 9.89. The molecule has 0 aliphatic heterocycles. The van der Waals surface area contributed by atoms with Crippen molar-refractivity contribution in [2.75, 3.05) is 0 Å². The van der Waals surface area contributed by atoms with Gasteiger partial charge >= 0.3 is 0 Å². The Morgan fingerprint density at radius 2 is 1.00 bits per heavy atom. The van der Waals surface area contributed by atoms with Gasteiger partial charge in [-0.15, -0.1) is 0 Å². The van der Waals surface area contributed by atoms with Crippen molar-refractivity contribution in [2.45, 2.75) is 0 Å². The molecule has 0 bridgehead atoms. The molecule has 9 aromatic rings. The van der Waals surface area contributed by atoms with Gasteiger partial charge in [-0.1, -0.05) is 97.1 Å². The molecule has 0 fully saturated rings. The summed E-state index contributed by atoms with van der Waals surface area (Å²) >= 11 is 0. The van der Waals surface area contributed by atoms with Gasteiger partial charge in [0, 0.05) is 23.6 Å². The van der Waals surface area contributed by atoms with Crippen LogP contribution < -0.4 is 0 Å². The van der Waals surface area contributed by atoms with Crippen LogP contribution >= 0.6 is 0 Å². The van der Waals surface area contributed by atoms with E-state index in [0.29, 0.717) is 0 Å². The van der Waals surface area contributed by atoms with E-state index in [1.165, 1.54) is 27.1 Å². The third kappa shape index (κ3) is 4.77. The molecule has 0 spiro atoms. The van der Waals surface area contributed by atoms with Gasteiger partial charge in [-0.2, -0.15) is 0 Å². The Kier molecular flexibility index (Phi) is 6.46. The predicted octanol–water partition coefficient (Wildman–Crippen LogP) is 11.4. The summed E-state index contributed by atoms with van der Waals surface area (Å²) < 4.78 is 2.28. The summed E-state index contributed by atoms with van der Waals surface area (Å²) in [5.41, 5.74) is 11.2. The van der Waals surface area contributed by atoms with Crippen LogP contribution in [0.15, 0.2) is 176 Å². The smallest absolute Gasteiger partial charge is 0.145 e. The highest BCUT2D eigenvalue weighted by Gasteiger charge is 2.18. The highest BCUT2D eigenvalue weighted by atomic mass is 15.1.